The highest BCUT2D eigenvalue weighted by molar-refractivity contribution is 6.31. The molecule has 0 bridgehead atoms. The summed E-state index contributed by atoms with van der Waals surface area (Å²) in [5, 5.41) is 9.24. The highest BCUT2D eigenvalue weighted by atomic mass is 35.5. The Morgan fingerprint density at radius 2 is 1.89 bits per heavy atom. The smallest absolute Gasteiger partial charge is 0.303 e. The number of benzene rings is 1. The first kappa shape index (κ1) is 14.0. The lowest BCUT2D eigenvalue weighted by molar-refractivity contribution is -0.137. The van der Waals surface area contributed by atoms with E-state index >= 15 is 0 Å². The summed E-state index contributed by atoms with van der Waals surface area (Å²) in [5.74, 6) is 0.664. The van der Waals surface area contributed by atoms with Gasteiger partial charge in [-0.15, -0.1) is 0 Å². The fourth-order valence-corrected chi connectivity index (χ4v) is 2.26. The molecule has 1 aliphatic heterocycles. The highest BCUT2D eigenvalue weighted by Gasteiger charge is 2.13. The topological polar surface area (TPSA) is 55.8 Å². The Balaban J connectivity index is 2.00. The number of fused-ring (bicyclic) bond motifs is 1. The van der Waals surface area contributed by atoms with Crippen LogP contribution in [0.4, 0.5) is 0 Å². The van der Waals surface area contributed by atoms with E-state index in [1.165, 1.54) is 0 Å². The maximum atomic E-state index is 10.4. The van der Waals surface area contributed by atoms with Crippen molar-refractivity contribution in [2.24, 2.45) is 0 Å². The predicted molar refractivity (Wildman–Crippen MR) is 72.2 cm³/mol. The molecule has 1 aliphatic rings. The molecule has 0 atom stereocenters. The van der Waals surface area contributed by atoms with Crippen LogP contribution in [-0.2, 0) is 11.2 Å². The molecule has 0 spiro atoms. The molecule has 0 unspecified atom stereocenters. The fraction of sp³-hybridized carbons (Fsp3) is 0.500. The number of aliphatic carboxylic acids is 1. The summed E-state index contributed by atoms with van der Waals surface area (Å²) < 4.78 is 11.2. The molecule has 104 valence electrons. The SMILES string of the molecule is O=C(O)CCCCc1cc2c(cc1Cl)OCCCO2. The van der Waals surface area contributed by atoms with Crippen molar-refractivity contribution in [2.75, 3.05) is 13.2 Å². The van der Waals surface area contributed by atoms with Gasteiger partial charge in [0.15, 0.2) is 11.5 Å². The first-order valence-electron chi connectivity index (χ1n) is 6.46. The molecule has 1 N–H and O–H groups in total. The number of carboxylic acids is 1. The van der Waals surface area contributed by atoms with E-state index in [1.54, 1.807) is 6.07 Å². The predicted octanol–water partition coefficient (Wildman–Crippen LogP) is 3.30. The normalized spacial score (nSPS) is 13.9. The summed E-state index contributed by atoms with van der Waals surface area (Å²) in [7, 11) is 0. The minimum absolute atomic E-state index is 0.197. The van der Waals surface area contributed by atoms with Crippen molar-refractivity contribution in [2.45, 2.75) is 32.1 Å². The van der Waals surface area contributed by atoms with Crippen LogP contribution in [0.3, 0.4) is 0 Å². The van der Waals surface area contributed by atoms with Crippen molar-refractivity contribution >= 4 is 17.6 Å². The van der Waals surface area contributed by atoms with Gasteiger partial charge in [0.2, 0.25) is 0 Å². The number of aryl methyl sites for hydroxylation is 1. The molecule has 5 heteroatoms. The van der Waals surface area contributed by atoms with Crippen LogP contribution in [0.5, 0.6) is 11.5 Å². The van der Waals surface area contributed by atoms with Crippen LogP contribution in [0.2, 0.25) is 5.02 Å². The Labute approximate surface area is 117 Å². The maximum absolute atomic E-state index is 10.4. The molecule has 4 nitrogen and oxygen atoms in total. The van der Waals surface area contributed by atoms with Gasteiger partial charge < -0.3 is 14.6 Å². The molecule has 1 aromatic rings. The number of ether oxygens (including phenoxy) is 2. The molecule has 0 saturated carbocycles. The van der Waals surface area contributed by atoms with E-state index in [9.17, 15) is 4.79 Å². The zero-order valence-electron chi connectivity index (χ0n) is 10.7. The Bertz CT molecular complexity index is 459. The molecule has 0 aromatic heterocycles. The van der Waals surface area contributed by atoms with Gasteiger partial charge >= 0.3 is 5.97 Å². The van der Waals surface area contributed by atoms with Crippen molar-refractivity contribution < 1.29 is 19.4 Å². The van der Waals surface area contributed by atoms with Gasteiger partial charge in [0.05, 0.1) is 13.2 Å². The van der Waals surface area contributed by atoms with Gasteiger partial charge in [-0.05, 0) is 30.9 Å². The van der Waals surface area contributed by atoms with E-state index in [4.69, 9.17) is 26.2 Å². The van der Waals surface area contributed by atoms with Crippen molar-refractivity contribution in [1.29, 1.82) is 0 Å². The van der Waals surface area contributed by atoms with Crippen LogP contribution in [-0.4, -0.2) is 24.3 Å². The van der Waals surface area contributed by atoms with Crippen LogP contribution in [0.1, 0.15) is 31.2 Å². The standard InChI is InChI=1S/C14H17ClO4/c15-11-9-13-12(18-6-3-7-19-13)8-10(11)4-1-2-5-14(16)17/h8-9H,1-7H2,(H,16,17). The van der Waals surface area contributed by atoms with Gasteiger partial charge in [-0.3, -0.25) is 4.79 Å². The number of carbonyl (C=O) groups is 1. The van der Waals surface area contributed by atoms with E-state index in [-0.39, 0.29) is 6.42 Å². The molecule has 0 saturated heterocycles. The van der Waals surface area contributed by atoms with Crippen LogP contribution in [0.15, 0.2) is 12.1 Å². The van der Waals surface area contributed by atoms with Crippen LogP contribution >= 0.6 is 11.6 Å². The summed E-state index contributed by atoms with van der Waals surface area (Å²) in [6.07, 6.45) is 3.26. The van der Waals surface area contributed by atoms with Crippen LogP contribution < -0.4 is 9.47 Å². The van der Waals surface area contributed by atoms with Gasteiger partial charge in [0.25, 0.3) is 0 Å². The summed E-state index contributed by atoms with van der Waals surface area (Å²) in [6.45, 7) is 1.29. The molecular formula is C14H17ClO4. The van der Waals surface area contributed by atoms with Crippen molar-refractivity contribution in [1.82, 2.24) is 0 Å². The third-order valence-corrected chi connectivity index (χ3v) is 3.36. The van der Waals surface area contributed by atoms with Crippen molar-refractivity contribution in [3.63, 3.8) is 0 Å². The molecule has 0 radical (unpaired) electrons. The van der Waals surface area contributed by atoms with Gasteiger partial charge in [0, 0.05) is 23.9 Å². The van der Waals surface area contributed by atoms with E-state index in [0.29, 0.717) is 30.4 Å². The Morgan fingerprint density at radius 3 is 2.58 bits per heavy atom. The molecule has 2 rings (SSSR count). The lowest BCUT2D eigenvalue weighted by Gasteiger charge is -2.11. The molecule has 0 fully saturated rings. The second-order valence-electron chi connectivity index (χ2n) is 4.54. The highest BCUT2D eigenvalue weighted by Crippen LogP contribution is 2.35. The minimum Gasteiger partial charge on any atom is -0.490 e. The zero-order chi connectivity index (χ0) is 13.7. The molecule has 0 aliphatic carbocycles. The third kappa shape index (κ3) is 4.03. The maximum Gasteiger partial charge on any atom is 0.303 e. The van der Waals surface area contributed by atoms with Gasteiger partial charge in [0.1, 0.15) is 0 Å². The van der Waals surface area contributed by atoms with Gasteiger partial charge in [-0.2, -0.15) is 0 Å². The number of hydrogen-bond acceptors (Lipinski definition) is 3. The van der Waals surface area contributed by atoms with E-state index in [0.717, 1.165) is 30.6 Å². The molecule has 1 heterocycles. The summed E-state index contributed by atoms with van der Waals surface area (Å²) in [4.78, 5) is 10.4. The lowest BCUT2D eigenvalue weighted by atomic mass is 10.1. The lowest BCUT2D eigenvalue weighted by Crippen LogP contribution is -1.97. The first-order chi connectivity index (χ1) is 9.16. The minimum atomic E-state index is -0.759. The number of halogens is 1. The molecule has 1 aromatic carbocycles. The van der Waals surface area contributed by atoms with Crippen molar-refractivity contribution in [3.8, 4) is 11.5 Å². The fourth-order valence-electron chi connectivity index (χ4n) is 2.01. The molecule has 19 heavy (non-hydrogen) atoms. The van der Waals surface area contributed by atoms with Crippen molar-refractivity contribution in [3.05, 3.63) is 22.7 Å². The van der Waals surface area contributed by atoms with Crippen LogP contribution in [0, 0.1) is 0 Å². The summed E-state index contributed by atoms with van der Waals surface area (Å²) in [5.41, 5.74) is 0.983. The largest absolute Gasteiger partial charge is 0.490 e. The summed E-state index contributed by atoms with van der Waals surface area (Å²) >= 11 is 6.20. The Morgan fingerprint density at radius 1 is 1.21 bits per heavy atom. The average Bonchev–Trinajstić information content (AvgIpc) is 2.59. The Hall–Kier alpha value is -1.42. The van der Waals surface area contributed by atoms with Crippen LogP contribution in [0.25, 0.3) is 0 Å². The summed E-state index contributed by atoms with van der Waals surface area (Å²) in [6, 6.07) is 3.69. The third-order valence-electron chi connectivity index (χ3n) is 3.00. The number of rotatable bonds is 5. The average molecular weight is 285 g/mol. The molecule has 0 amide bonds. The monoisotopic (exact) mass is 284 g/mol. The van der Waals surface area contributed by atoms with Gasteiger partial charge in [-0.25, -0.2) is 0 Å². The number of unbranched alkanes of at least 4 members (excludes halogenated alkanes) is 1. The van der Waals surface area contributed by atoms with E-state index in [1.807, 2.05) is 6.07 Å². The second kappa shape index (κ2) is 6.66. The first-order valence-corrected chi connectivity index (χ1v) is 6.84. The van der Waals surface area contributed by atoms with Gasteiger partial charge in [-0.1, -0.05) is 11.6 Å². The quantitative estimate of drug-likeness (QED) is 0.843. The van der Waals surface area contributed by atoms with E-state index < -0.39 is 5.97 Å². The Kier molecular flexibility index (Phi) is 4.91. The zero-order valence-corrected chi connectivity index (χ0v) is 11.4. The number of hydrogen-bond donors (Lipinski definition) is 1. The second-order valence-corrected chi connectivity index (χ2v) is 4.95. The molecular weight excluding hydrogens is 268 g/mol. The van der Waals surface area contributed by atoms with E-state index in [2.05, 4.69) is 0 Å². The number of carboxylic acid groups (broad SMARTS) is 1.